The molecular formula is C11H8ClN3S. The zero-order chi connectivity index (χ0) is 11.1. The fourth-order valence-electron chi connectivity index (χ4n) is 1.57. The predicted octanol–water partition coefficient (Wildman–Crippen LogP) is 3.30. The number of anilines is 1. The Labute approximate surface area is 101 Å². The smallest absolute Gasteiger partial charge is 0.139 e. The highest BCUT2D eigenvalue weighted by Gasteiger charge is 2.06. The van der Waals surface area contributed by atoms with Crippen molar-refractivity contribution in [1.82, 2.24) is 9.38 Å². The van der Waals surface area contributed by atoms with Crippen LogP contribution in [0, 0.1) is 0 Å². The molecule has 0 amide bonds. The third-order valence-electron chi connectivity index (χ3n) is 2.31. The van der Waals surface area contributed by atoms with Crippen molar-refractivity contribution in [3.63, 3.8) is 0 Å². The Balaban J connectivity index is 2.18. The van der Waals surface area contributed by atoms with Crippen LogP contribution in [-0.2, 0) is 0 Å². The molecule has 3 nitrogen and oxygen atoms in total. The molecule has 16 heavy (non-hydrogen) atoms. The number of fused-ring (bicyclic) bond motifs is 1. The molecule has 0 atom stereocenters. The summed E-state index contributed by atoms with van der Waals surface area (Å²) < 4.78 is 2.71. The van der Waals surface area contributed by atoms with Crippen LogP contribution in [-0.4, -0.2) is 9.38 Å². The summed E-state index contributed by atoms with van der Waals surface area (Å²) in [5, 5.41) is 0. The maximum atomic E-state index is 5.90. The predicted molar refractivity (Wildman–Crippen MR) is 67.9 cm³/mol. The van der Waals surface area contributed by atoms with Gasteiger partial charge in [-0.15, -0.1) is 11.3 Å². The minimum atomic E-state index is 0.717. The lowest BCUT2D eigenvalue weighted by Crippen LogP contribution is -1.87. The van der Waals surface area contributed by atoms with Gasteiger partial charge in [0.2, 0.25) is 0 Å². The van der Waals surface area contributed by atoms with Crippen molar-refractivity contribution in [1.29, 1.82) is 0 Å². The molecule has 0 unspecified atom stereocenters. The molecule has 80 valence electrons. The minimum Gasteiger partial charge on any atom is -0.399 e. The molecule has 0 bridgehead atoms. The van der Waals surface area contributed by atoms with Gasteiger partial charge in [0.1, 0.15) is 5.65 Å². The summed E-state index contributed by atoms with van der Waals surface area (Å²) in [7, 11) is 0. The number of thiophene rings is 1. The van der Waals surface area contributed by atoms with Crippen LogP contribution in [0.25, 0.3) is 16.2 Å². The molecule has 0 saturated carbocycles. The van der Waals surface area contributed by atoms with E-state index in [9.17, 15) is 0 Å². The van der Waals surface area contributed by atoms with E-state index in [4.69, 9.17) is 17.3 Å². The Morgan fingerprint density at radius 2 is 2.19 bits per heavy atom. The molecule has 5 heteroatoms. The summed E-state index contributed by atoms with van der Waals surface area (Å²) in [5.74, 6) is 0. The van der Waals surface area contributed by atoms with Gasteiger partial charge in [0.25, 0.3) is 0 Å². The summed E-state index contributed by atoms with van der Waals surface area (Å²) in [6, 6.07) is 7.54. The van der Waals surface area contributed by atoms with Crippen LogP contribution in [0.15, 0.2) is 36.7 Å². The number of hydrogen-bond donors (Lipinski definition) is 1. The van der Waals surface area contributed by atoms with E-state index in [0.717, 1.165) is 20.6 Å². The van der Waals surface area contributed by atoms with Crippen molar-refractivity contribution in [3.8, 4) is 10.6 Å². The molecule has 0 radical (unpaired) electrons. The van der Waals surface area contributed by atoms with Gasteiger partial charge >= 0.3 is 0 Å². The van der Waals surface area contributed by atoms with E-state index in [1.807, 2.05) is 41.1 Å². The second-order valence-corrected chi connectivity index (χ2v) is 5.17. The van der Waals surface area contributed by atoms with Crippen molar-refractivity contribution in [2.24, 2.45) is 0 Å². The molecule has 3 heterocycles. The van der Waals surface area contributed by atoms with Gasteiger partial charge in [-0.3, -0.25) is 0 Å². The molecule has 3 aromatic heterocycles. The summed E-state index contributed by atoms with van der Waals surface area (Å²) >= 11 is 7.42. The first-order valence-electron chi connectivity index (χ1n) is 4.72. The largest absolute Gasteiger partial charge is 0.399 e. The third-order valence-corrected chi connectivity index (χ3v) is 3.56. The van der Waals surface area contributed by atoms with Crippen LogP contribution < -0.4 is 5.73 Å². The summed E-state index contributed by atoms with van der Waals surface area (Å²) in [4.78, 5) is 5.55. The van der Waals surface area contributed by atoms with Crippen LogP contribution in [0.1, 0.15) is 0 Å². The zero-order valence-corrected chi connectivity index (χ0v) is 9.79. The maximum absolute atomic E-state index is 5.90. The number of pyridine rings is 1. The number of aromatic nitrogens is 2. The quantitative estimate of drug-likeness (QED) is 0.719. The molecule has 0 aliphatic rings. The average Bonchev–Trinajstić information content (AvgIpc) is 2.83. The molecule has 3 rings (SSSR count). The molecule has 0 fully saturated rings. The van der Waals surface area contributed by atoms with Gasteiger partial charge in [0, 0.05) is 24.1 Å². The van der Waals surface area contributed by atoms with E-state index in [0.29, 0.717) is 5.69 Å². The number of hydrogen-bond acceptors (Lipinski definition) is 3. The molecule has 0 saturated heterocycles. The molecule has 3 aromatic rings. The molecule has 0 aromatic carbocycles. The minimum absolute atomic E-state index is 0.717. The van der Waals surface area contributed by atoms with Crippen LogP contribution in [0.2, 0.25) is 4.34 Å². The number of rotatable bonds is 1. The topological polar surface area (TPSA) is 43.3 Å². The summed E-state index contributed by atoms with van der Waals surface area (Å²) in [6.45, 7) is 0. The lowest BCUT2D eigenvalue weighted by atomic mass is 10.4. The Morgan fingerprint density at radius 3 is 2.94 bits per heavy atom. The normalized spacial score (nSPS) is 11.1. The Kier molecular flexibility index (Phi) is 2.12. The molecule has 2 N–H and O–H groups in total. The van der Waals surface area contributed by atoms with Crippen LogP contribution in [0.4, 0.5) is 5.69 Å². The van der Waals surface area contributed by atoms with Crippen molar-refractivity contribution in [2.75, 3.05) is 5.73 Å². The number of halogens is 1. The number of nitrogen functional groups attached to an aromatic ring is 1. The lowest BCUT2D eigenvalue weighted by molar-refractivity contribution is 1.19. The molecule has 0 aliphatic heterocycles. The van der Waals surface area contributed by atoms with Gasteiger partial charge < -0.3 is 10.1 Å². The van der Waals surface area contributed by atoms with E-state index < -0.39 is 0 Å². The van der Waals surface area contributed by atoms with E-state index in [-0.39, 0.29) is 0 Å². The zero-order valence-electron chi connectivity index (χ0n) is 8.22. The molecular weight excluding hydrogens is 242 g/mol. The van der Waals surface area contributed by atoms with Crippen molar-refractivity contribution in [2.45, 2.75) is 0 Å². The highest BCUT2D eigenvalue weighted by Crippen LogP contribution is 2.30. The van der Waals surface area contributed by atoms with Crippen molar-refractivity contribution < 1.29 is 0 Å². The van der Waals surface area contributed by atoms with Crippen LogP contribution >= 0.6 is 22.9 Å². The summed E-state index contributed by atoms with van der Waals surface area (Å²) in [5.41, 5.74) is 8.19. The fraction of sp³-hybridized carbons (Fsp3) is 0. The standard InChI is InChI=1S/C11H8ClN3S/c12-10-2-1-9(16-10)8-6-15-4-3-7(13)5-11(15)14-8/h1-6H,13H2. The highest BCUT2D eigenvalue weighted by molar-refractivity contribution is 7.19. The van der Waals surface area contributed by atoms with Gasteiger partial charge in [-0.05, 0) is 18.2 Å². The number of imidazole rings is 1. The second-order valence-electron chi connectivity index (χ2n) is 3.46. The van der Waals surface area contributed by atoms with E-state index in [2.05, 4.69) is 4.98 Å². The van der Waals surface area contributed by atoms with Crippen LogP contribution in [0.5, 0.6) is 0 Å². The summed E-state index contributed by atoms with van der Waals surface area (Å²) in [6.07, 6.45) is 3.87. The average molecular weight is 250 g/mol. The fourth-order valence-corrected chi connectivity index (χ4v) is 2.57. The van der Waals surface area contributed by atoms with Gasteiger partial charge in [0.05, 0.1) is 14.9 Å². The molecule has 0 spiro atoms. The van der Waals surface area contributed by atoms with Crippen molar-refractivity contribution >= 4 is 34.3 Å². The molecule has 0 aliphatic carbocycles. The first-order chi connectivity index (χ1) is 7.72. The Hall–Kier alpha value is -1.52. The van der Waals surface area contributed by atoms with Crippen molar-refractivity contribution in [3.05, 3.63) is 41.0 Å². The van der Waals surface area contributed by atoms with Gasteiger partial charge in [-0.2, -0.15) is 0 Å². The third kappa shape index (κ3) is 1.56. The first kappa shape index (κ1) is 9.69. The second kappa shape index (κ2) is 3.50. The van der Waals surface area contributed by atoms with E-state index in [1.165, 1.54) is 11.3 Å². The highest BCUT2D eigenvalue weighted by atomic mass is 35.5. The van der Waals surface area contributed by atoms with E-state index >= 15 is 0 Å². The number of nitrogens with zero attached hydrogens (tertiary/aromatic N) is 2. The van der Waals surface area contributed by atoms with Gasteiger partial charge in [-0.25, -0.2) is 4.98 Å². The first-order valence-corrected chi connectivity index (χ1v) is 5.92. The van der Waals surface area contributed by atoms with Gasteiger partial charge in [-0.1, -0.05) is 11.6 Å². The van der Waals surface area contributed by atoms with Crippen LogP contribution in [0.3, 0.4) is 0 Å². The Morgan fingerprint density at radius 1 is 1.31 bits per heavy atom. The lowest BCUT2D eigenvalue weighted by Gasteiger charge is -1.92. The monoisotopic (exact) mass is 249 g/mol. The van der Waals surface area contributed by atoms with Gasteiger partial charge in [0.15, 0.2) is 0 Å². The Bertz CT molecular complexity index is 656. The number of nitrogens with two attached hydrogens (primary N) is 1. The van der Waals surface area contributed by atoms with E-state index in [1.54, 1.807) is 0 Å². The SMILES string of the molecule is Nc1ccn2cc(-c3ccc(Cl)s3)nc2c1. The maximum Gasteiger partial charge on any atom is 0.139 e.